The maximum Gasteiger partial charge on any atom is 0.326 e. The molecule has 4 N–H and O–H groups in total. The molecule has 0 aliphatic heterocycles. The Hall–Kier alpha value is -1.63. The fraction of sp³-hybridized carbons (Fsp3) is 0.800. The number of aliphatic hydroxyl groups is 1. The number of aliphatic hydroxyl groups excluding tert-OH is 1. The summed E-state index contributed by atoms with van der Waals surface area (Å²) >= 11 is 0. The van der Waals surface area contributed by atoms with Crippen LogP contribution in [0.3, 0.4) is 0 Å². The first-order valence-corrected chi connectivity index (χ1v) is 7.62. The maximum atomic E-state index is 12.3. The van der Waals surface area contributed by atoms with Gasteiger partial charge < -0.3 is 20.8 Å². The Labute approximate surface area is 131 Å². The first-order valence-electron chi connectivity index (χ1n) is 7.62. The van der Waals surface area contributed by atoms with Gasteiger partial charge in [0.05, 0.1) is 6.10 Å². The highest BCUT2D eigenvalue weighted by atomic mass is 16.4. The van der Waals surface area contributed by atoms with Crippen LogP contribution in [0, 0.1) is 11.8 Å². The maximum absolute atomic E-state index is 12.3. The molecule has 0 saturated carbocycles. The van der Waals surface area contributed by atoms with Gasteiger partial charge in [-0.1, -0.05) is 34.6 Å². The molecule has 0 aliphatic carbocycles. The van der Waals surface area contributed by atoms with E-state index in [2.05, 4.69) is 10.6 Å². The second-order valence-corrected chi connectivity index (χ2v) is 6.10. The zero-order chi connectivity index (χ0) is 17.4. The lowest BCUT2D eigenvalue weighted by Crippen LogP contribution is -2.58. The van der Waals surface area contributed by atoms with Crippen LogP contribution in [-0.4, -0.2) is 46.2 Å². The molecule has 0 radical (unpaired) electrons. The molecule has 0 rings (SSSR count). The zero-order valence-corrected chi connectivity index (χ0v) is 13.9. The fourth-order valence-electron chi connectivity index (χ4n) is 1.92. The van der Waals surface area contributed by atoms with Crippen molar-refractivity contribution in [1.29, 1.82) is 0 Å². The van der Waals surface area contributed by atoms with Crippen LogP contribution in [0.25, 0.3) is 0 Å². The van der Waals surface area contributed by atoms with Gasteiger partial charge in [-0.15, -0.1) is 0 Å². The predicted molar refractivity (Wildman–Crippen MR) is 82.1 cm³/mol. The van der Waals surface area contributed by atoms with Gasteiger partial charge in [0.25, 0.3) is 0 Å². The van der Waals surface area contributed by atoms with E-state index in [-0.39, 0.29) is 24.2 Å². The number of carboxylic acids is 1. The van der Waals surface area contributed by atoms with Gasteiger partial charge in [0.1, 0.15) is 12.1 Å². The van der Waals surface area contributed by atoms with Crippen molar-refractivity contribution in [3.8, 4) is 0 Å². The molecule has 0 spiro atoms. The van der Waals surface area contributed by atoms with Crippen LogP contribution in [0.5, 0.6) is 0 Å². The molecule has 0 aromatic rings. The second-order valence-electron chi connectivity index (χ2n) is 6.10. The highest BCUT2D eigenvalue weighted by Gasteiger charge is 2.33. The molecule has 0 bridgehead atoms. The average molecular weight is 316 g/mol. The van der Waals surface area contributed by atoms with Gasteiger partial charge in [0.2, 0.25) is 11.8 Å². The first-order chi connectivity index (χ1) is 10.1. The standard InChI is InChI=1S/C15H28N2O5/c1-6-7-10(18)16-12(13(19)9(4)5)14(20)17-11(8(2)3)15(21)22/h8-9,11-13,19H,6-7H2,1-5H3,(H,16,18)(H,17,20)(H,21,22). The Kier molecular flexibility index (Phi) is 8.70. The van der Waals surface area contributed by atoms with Crippen LogP contribution >= 0.6 is 0 Å². The van der Waals surface area contributed by atoms with E-state index in [1.165, 1.54) is 0 Å². The second kappa shape index (κ2) is 9.40. The Morgan fingerprint density at radius 1 is 0.955 bits per heavy atom. The average Bonchev–Trinajstić information content (AvgIpc) is 2.40. The quantitative estimate of drug-likeness (QED) is 0.495. The van der Waals surface area contributed by atoms with E-state index < -0.39 is 30.1 Å². The molecule has 3 unspecified atom stereocenters. The number of carbonyl (C=O) groups excluding carboxylic acids is 2. The van der Waals surface area contributed by atoms with E-state index in [4.69, 9.17) is 5.11 Å². The summed E-state index contributed by atoms with van der Waals surface area (Å²) < 4.78 is 0. The molecule has 0 aromatic carbocycles. The topological polar surface area (TPSA) is 116 Å². The number of nitrogens with one attached hydrogen (secondary N) is 2. The molecule has 22 heavy (non-hydrogen) atoms. The Balaban J connectivity index is 5.10. The van der Waals surface area contributed by atoms with Crippen molar-refractivity contribution in [3.05, 3.63) is 0 Å². The van der Waals surface area contributed by atoms with E-state index in [0.29, 0.717) is 6.42 Å². The highest BCUT2D eigenvalue weighted by molar-refractivity contribution is 5.91. The SMILES string of the molecule is CCCC(=O)NC(C(=O)NC(C(=O)O)C(C)C)C(O)C(C)C. The van der Waals surface area contributed by atoms with Gasteiger partial charge in [-0.3, -0.25) is 9.59 Å². The highest BCUT2D eigenvalue weighted by Crippen LogP contribution is 2.09. The smallest absolute Gasteiger partial charge is 0.326 e. The normalized spacial score (nSPS) is 15.3. The Morgan fingerprint density at radius 3 is 1.86 bits per heavy atom. The Morgan fingerprint density at radius 2 is 1.50 bits per heavy atom. The molecule has 0 aliphatic rings. The number of hydrogen-bond acceptors (Lipinski definition) is 4. The molecule has 0 saturated heterocycles. The predicted octanol–water partition coefficient (Wildman–Crippen LogP) is 0.514. The summed E-state index contributed by atoms with van der Waals surface area (Å²) in [4.78, 5) is 35.2. The van der Waals surface area contributed by atoms with Gasteiger partial charge >= 0.3 is 5.97 Å². The number of hydrogen-bond donors (Lipinski definition) is 4. The van der Waals surface area contributed by atoms with Crippen LogP contribution in [-0.2, 0) is 14.4 Å². The molecule has 0 aromatic heterocycles. The van der Waals surface area contributed by atoms with E-state index in [1.54, 1.807) is 27.7 Å². The van der Waals surface area contributed by atoms with E-state index in [9.17, 15) is 19.5 Å². The van der Waals surface area contributed by atoms with Crippen molar-refractivity contribution in [2.24, 2.45) is 11.8 Å². The molecule has 0 heterocycles. The van der Waals surface area contributed by atoms with E-state index in [0.717, 1.165) is 0 Å². The molecule has 7 nitrogen and oxygen atoms in total. The number of rotatable bonds is 9. The van der Waals surface area contributed by atoms with Crippen LogP contribution in [0.2, 0.25) is 0 Å². The van der Waals surface area contributed by atoms with Gasteiger partial charge in [0, 0.05) is 6.42 Å². The van der Waals surface area contributed by atoms with Crippen molar-refractivity contribution >= 4 is 17.8 Å². The third kappa shape index (κ3) is 6.43. The van der Waals surface area contributed by atoms with E-state index in [1.807, 2.05) is 6.92 Å². The molecule has 2 amide bonds. The minimum atomic E-state index is -1.17. The molecular weight excluding hydrogens is 288 g/mol. The summed E-state index contributed by atoms with van der Waals surface area (Å²) in [5.41, 5.74) is 0. The fourth-order valence-corrected chi connectivity index (χ4v) is 1.92. The largest absolute Gasteiger partial charge is 0.480 e. The van der Waals surface area contributed by atoms with Gasteiger partial charge in [-0.2, -0.15) is 0 Å². The van der Waals surface area contributed by atoms with Crippen LogP contribution in [0.15, 0.2) is 0 Å². The third-order valence-electron chi connectivity index (χ3n) is 3.33. The molecular formula is C15H28N2O5. The number of carbonyl (C=O) groups is 3. The summed E-state index contributed by atoms with van der Waals surface area (Å²) in [6, 6.07) is -2.24. The van der Waals surface area contributed by atoms with E-state index >= 15 is 0 Å². The summed E-state index contributed by atoms with van der Waals surface area (Å²) in [5, 5.41) is 24.1. The summed E-state index contributed by atoms with van der Waals surface area (Å²) in [7, 11) is 0. The molecule has 128 valence electrons. The monoisotopic (exact) mass is 316 g/mol. The molecule has 0 fully saturated rings. The van der Waals surface area contributed by atoms with Crippen molar-refractivity contribution < 1.29 is 24.6 Å². The van der Waals surface area contributed by atoms with Crippen molar-refractivity contribution in [1.82, 2.24) is 10.6 Å². The summed E-state index contributed by atoms with van der Waals surface area (Å²) in [6.45, 7) is 8.60. The number of aliphatic carboxylic acids is 1. The first kappa shape index (κ1) is 20.4. The minimum absolute atomic E-state index is 0.237. The van der Waals surface area contributed by atoms with Gasteiger partial charge in [-0.05, 0) is 18.3 Å². The number of amides is 2. The lowest BCUT2D eigenvalue weighted by molar-refractivity contribution is -0.144. The molecule has 3 atom stereocenters. The summed E-state index contributed by atoms with van der Waals surface area (Å²) in [6.07, 6.45) is -0.245. The lowest BCUT2D eigenvalue weighted by Gasteiger charge is -2.28. The van der Waals surface area contributed by atoms with Crippen LogP contribution < -0.4 is 10.6 Å². The zero-order valence-electron chi connectivity index (χ0n) is 13.9. The molecule has 7 heteroatoms. The van der Waals surface area contributed by atoms with Crippen LogP contribution in [0.4, 0.5) is 0 Å². The van der Waals surface area contributed by atoms with Crippen molar-refractivity contribution in [3.63, 3.8) is 0 Å². The van der Waals surface area contributed by atoms with Crippen molar-refractivity contribution in [2.45, 2.75) is 65.6 Å². The third-order valence-corrected chi connectivity index (χ3v) is 3.33. The van der Waals surface area contributed by atoms with Gasteiger partial charge in [0.15, 0.2) is 0 Å². The van der Waals surface area contributed by atoms with Crippen molar-refractivity contribution in [2.75, 3.05) is 0 Å². The van der Waals surface area contributed by atoms with Crippen LogP contribution in [0.1, 0.15) is 47.5 Å². The number of carboxylic acid groups (broad SMARTS) is 1. The van der Waals surface area contributed by atoms with Gasteiger partial charge in [-0.25, -0.2) is 4.79 Å². The summed E-state index contributed by atoms with van der Waals surface area (Å²) in [5.74, 6) is -2.77. The Bertz CT molecular complexity index is 395. The lowest BCUT2D eigenvalue weighted by atomic mass is 9.97. The minimum Gasteiger partial charge on any atom is -0.480 e.